The highest BCUT2D eigenvalue weighted by Crippen LogP contribution is 2.17. The van der Waals surface area contributed by atoms with Crippen LogP contribution in [0.25, 0.3) is 0 Å². The molecule has 3 nitrogen and oxygen atoms in total. The van der Waals surface area contributed by atoms with Crippen molar-refractivity contribution < 1.29 is 13.6 Å². The van der Waals surface area contributed by atoms with Crippen molar-refractivity contribution in [2.45, 2.75) is 13.0 Å². The highest BCUT2D eigenvalue weighted by atomic mass is 28.4. The van der Waals surface area contributed by atoms with Gasteiger partial charge in [-0.3, -0.25) is 0 Å². The maximum Gasteiger partial charge on any atom is 0.371 e. The first-order valence-corrected chi connectivity index (χ1v) is 8.15. The first kappa shape index (κ1) is 12.8. The van der Waals surface area contributed by atoms with Crippen LogP contribution in [0.2, 0.25) is 6.04 Å². The van der Waals surface area contributed by atoms with Gasteiger partial charge in [0.25, 0.3) is 0 Å². The maximum atomic E-state index is 6.15. The Morgan fingerprint density at radius 2 is 2.00 bits per heavy atom. The molecule has 0 spiro atoms. The van der Waals surface area contributed by atoms with Gasteiger partial charge in [0.05, 0.1) is 13.2 Å². The lowest BCUT2D eigenvalue weighted by Crippen LogP contribution is -2.54. The molecular formula is C13H20O3Si. The van der Waals surface area contributed by atoms with E-state index in [9.17, 15) is 0 Å². The average Bonchev–Trinajstić information content (AvgIpc) is 2.34. The Kier molecular flexibility index (Phi) is 4.34. The van der Waals surface area contributed by atoms with Gasteiger partial charge in [0.2, 0.25) is 0 Å². The Balaban J connectivity index is 2.07. The molecule has 94 valence electrons. The monoisotopic (exact) mass is 252 g/mol. The zero-order valence-electron chi connectivity index (χ0n) is 10.5. The highest BCUT2D eigenvalue weighted by molar-refractivity contribution is 6.81. The molecule has 0 N–H and O–H groups in total. The minimum atomic E-state index is -2.22. The van der Waals surface area contributed by atoms with Crippen LogP contribution in [0, 0.1) is 5.92 Å². The lowest BCUT2D eigenvalue weighted by molar-refractivity contribution is -0.0553. The zero-order valence-corrected chi connectivity index (χ0v) is 11.5. The maximum absolute atomic E-state index is 6.15. The Morgan fingerprint density at radius 1 is 1.29 bits per heavy atom. The molecule has 17 heavy (non-hydrogen) atoms. The van der Waals surface area contributed by atoms with Crippen molar-refractivity contribution >= 4 is 13.7 Å². The Morgan fingerprint density at radius 3 is 2.47 bits per heavy atom. The first-order valence-electron chi connectivity index (χ1n) is 6.13. The quantitative estimate of drug-likeness (QED) is 0.721. The second-order valence-corrected chi connectivity index (χ2v) is 7.88. The topological polar surface area (TPSA) is 27.7 Å². The van der Waals surface area contributed by atoms with Gasteiger partial charge in [0.1, 0.15) is 0 Å². The van der Waals surface area contributed by atoms with Crippen LogP contribution in [0.4, 0.5) is 0 Å². The smallest absolute Gasteiger partial charge is 0.371 e. The molecule has 4 heteroatoms. The summed E-state index contributed by atoms with van der Waals surface area (Å²) in [6, 6.07) is 11.3. The van der Waals surface area contributed by atoms with Gasteiger partial charge < -0.3 is 13.6 Å². The van der Waals surface area contributed by atoms with Crippen LogP contribution >= 0.6 is 0 Å². The van der Waals surface area contributed by atoms with Crippen LogP contribution in [-0.2, 0) is 13.6 Å². The van der Waals surface area contributed by atoms with E-state index < -0.39 is 8.56 Å². The van der Waals surface area contributed by atoms with Crippen molar-refractivity contribution in [3.63, 3.8) is 0 Å². The fraction of sp³-hybridized carbons (Fsp3) is 0.538. The van der Waals surface area contributed by atoms with Gasteiger partial charge in [-0.25, -0.2) is 0 Å². The van der Waals surface area contributed by atoms with E-state index in [-0.39, 0.29) is 0 Å². The van der Waals surface area contributed by atoms with Crippen molar-refractivity contribution in [2.75, 3.05) is 26.9 Å². The molecule has 1 unspecified atom stereocenters. The van der Waals surface area contributed by atoms with Crippen LogP contribution in [0.15, 0.2) is 30.3 Å². The summed E-state index contributed by atoms with van der Waals surface area (Å²) in [4.78, 5) is 0. The fourth-order valence-electron chi connectivity index (χ4n) is 2.04. The summed E-state index contributed by atoms with van der Waals surface area (Å²) in [7, 11) is -0.456. The van der Waals surface area contributed by atoms with Crippen LogP contribution in [0.1, 0.15) is 6.92 Å². The summed E-state index contributed by atoms with van der Waals surface area (Å²) in [5.41, 5.74) is 0. The molecular weight excluding hydrogens is 232 g/mol. The van der Waals surface area contributed by atoms with Gasteiger partial charge in [-0.2, -0.15) is 0 Å². The van der Waals surface area contributed by atoms with E-state index in [1.807, 2.05) is 18.2 Å². The molecule has 1 heterocycles. The molecule has 1 aromatic carbocycles. The molecule has 0 bridgehead atoms. The zero-order chi connectivity index (χ0) is 12.1. The van der Waals surface area contributed by atoms with Crippen molar-refractivity contribution in [1.29, 1.82) is 0 Å². The van der Waals surface area contributed by atoms with E-state index in [4.69, 9.17) is 13.6 Å². The van der Waals surface area contributed by atoms with Crippen molar-refractivity contribution in [2.24, 2.45) is 5.92 Å². The SMILES string of the molecule is CC[Si](OC)(OCC1COC1)c1ccccc1. The standard InChI is InChI=1S/C13H20O3Si/c1-3-17(14-2,13-7-5-4-6-8-13)16-11-12-9-15-10-12/h4-8,12H,3,9-11H2,1-2H3. The van der Waals surface area contributed by atoms with E-state index >= 15 is 0 Å². The van der Waals surface area contributed by atoms with Crippen LogP contribution in [0.5, 0.6) is 0 Å². The molecule has 0 saturated carbocycles. The molecule has 1 aromatic rings. The molecule has 0 radical (unpaired) electrons. The average molecular weight is 252 g/mol. The lowest BCUT2D eigenvalue weighted by Gasteiger charge is -2.33. The van der Waals surface area contributed by atoms with Crippen molar-refractivity contribution in [3.05, 3.63) is 30.3 Å². The van der Waals surface area contributed by atoms with E-state index in [2.05, 4.69) is 19.1 Å². The van der Waals surface area contributed by atoms with E-state index in [1.165, 1.54) is 5.19 Å². The molecule has 0 aromatic heterocycles. The van der Waals surface area contributed by atoms with Crippen LogP contribution in [0.3, 0.4) is 0 Å². The Labute approximate surface area is 104 Å². The summed E-state index contributed by atoms with van der Waals surface area (Å²) in [5.74, 6) is 0.548. The summed E-state index contributed by atoms with van der Waals surface area (Å²) in [6.07, 6.45) is 0. The largest absolute Gasteiger partial charge is 0.394 e. The molecule has 0 amide bonds. The normalized spacial score (nSPS) is 19.6. The first-order chi connectivity index (χ1) is 8.30. The molecule has 1 saturated heterocycles. The molecule has 1 aliphatic heterocycles. The van der Waals surface area contributed by atoms with Crippen molar-refractivity contribution in [3.8, 4) is 0 Å². The minimum Gasteiger partial charge on any atom is -0.394 e. The molecule has 0 aliphatic carbocycles. The second kappa shape index (κ2) is 5.77. The number of rotatable bonds is 6. The number of hydrogen-bond donors (Lipinski definition) is 0. The summed E-state index contributed by atoms with van der Waals surface area (Å²) in [5, 5.41) is 1.21. The van der Waals surface area contributed by atoms with E-state index in [0.29, 0.717) is 5.92 Å². The van der Waals surface area contributed by atoms with Gasteiger partial charge >= 0.3 is 8.56 Å². The lowest BCUT2D eigenvalue weighted by atomic mass is 10.1. The third kappa shape index (κ3) is 2.77. The summed E-state index contributed by atoms with van der Waals surface area (Å²) < 4.78 is 17.1. The third-order valence-corrected chi connectivity index (χ3v) is 6.70. The van der Waals surface area contributed by atoms with Crippen LogP contribution in [-0.4, -0.2) is 35.5 Å². The number of hydrogen-bond acceptors (Lipinski definition) is 3. The molecule has 2 rings (SSSR count). The van der Waals surface area contributed by atoms with E-state index in [1.54, 1.807) is 7.11 Å². The molecule has 1 fully saturated rings. The predicted octanol–water partition coefficient (Wildman–Crippen LogP) is 1.67. The van der Waals surface area contributed by atoms with Crippen molar-refractivity contribution in [1.82, 2.24) is 0 Å². The molecule has 1 aliphatic rings. The number of benzene rings is 1. The van der Waals surface area contributed by atoms with Gasteiger partial charge in [0, 0.05) is 19.6 Å². The predicted molar refractivity (Wildman–Crippen MR) is 69.6 cm³/mol. The summed E-state index contributed by atoms with van der Waals surface area (Å²) in [6.45, 7) is 4.54. The van der Waals surface area contributed by atoms with E-state index in [0.717, 1.165) is 25.9 Å². The second-order valence-electron chi connectivity index (χ2n) is 4.39. The fourth-order valence-corrected chi connectivity index (χ4v) is 4.66. The van der Waals surface area contributed by atoms with Gasteiger partial charge in [0.15, 0.2) is 0 Å². The third-order valence-electron chi connectivity index (χ3n) is 3.27. The number of ether oxygens (including phenoxy) is 1. The Bertz CT molecular complexity index is 334. The minimum absolute atomic E-state index is 0.548. The van der Waals surface area contributed by atoms with Gasteiger partial charge in [-0.05, 0) is 11.2 Å². The van der Waals surface area contributed by atoms with Gasteiger partial charge in [-0.1, -0.05) is 37.3 Å². The van der Waals surface area contributed by atoms with Crippen LogP contribution < -0.4 is 5.19 Å². The molecule has 1 atom stereocenters. The highest BCUT2D eigenvalue weighted by Gasteiger charge is 2.38. The van der Waals surface area contributed by atoms with Gasteiger partial charge in [-0.15, -0.1) is 0 Å². The Hall–Kier alpha value is -0.683. The summed E-state index contributed by atoms with van der Waals surface area (Å²) >= 11 is 0.